The Morgan fingerprint density at radius 2 is 2.00 bits per heavy atom. The lowest BCUT2D eigenvalue weighted by Crippen LogP contribution is -2.13. The van der Waals surface area contributed by atoms with Crippen LogP contribution in [0.3, 0.4) is 0 Å². The zero-order valence-corrected chi connectivity index (χ0v) is 7.35. The molecule has 1 heterocycles. The van der Waals surface area contributed by atoms with Crippen LogP contribution in [-0.2, 0) is 4.74 Å². The number of hydrogen-bond acceptors (Lipinski definition) is 1. The monoisotopic (exact) mass is 236 g/mol. The molecule has 0 radical (unpaired) electrons. The third-order valence-corrected chi connectivity index (χ3v) is 1.79. The van der Waals surface area contributed by atoms with Crippen LogP contribution in [0.2, 0.25) is 0 Å². The Kier molecular flexibility index (Phi) is 3.37. The Morgan fingerprint density at radius 3 is 2.56 bits per heavy atom. The van der Waals surface area contributed by atoms with Gasteiger partial charge in [0.2, 0.25) is 0 Å². The first kappa shape index (κ1) is 7.36. The van der Waals surface area contributed by atoms with E-state index in [9.17, 15) is 0 Å². The average Bonchev–Trinajstić information content (AvgIpc) is 1.91. The van der Waals surface area contributed by atoms with E-state index in [0.717, 1.165) is 26.1 Å². The van der Waals surface area contributed by atoms with Crippen LogP contribution in [-0.4, -0.2) is 13.2 Å². The number of rotatable bonds is 0. The predicted molar refractivity (Wildman–Crippen MR) is 45.3 cm³/mol. The molecule has 0 aromatic carbocycles. The third-order valence-electron chi connectivity index (χ3n) is 1.48. The molecular weight excluding hydrogens is 227 g/mol. The maximum Gasteiger partial charge on any atom is 0.0477 e. The van der Waals surface area contributed by atoms with Gasteiger partial charge in [-0.25, -0.2) is 0 Å². The van der Waals surface area contributed by atoms with E-state index in [0.29, 0.717) is 5.92 Å². The van der Waals surface area contributed by atoms with Crippen LogP contribution in [0.1, 0.15) is 12.8 Å². The molecule has 9 heavy (non-hydrogen) atoms. The van der Waals surface area contributed by atoms with Gasteiger partial charge in [-0.15, -0.1) is 0 Å². The van der Waals surface area contributed by atoms with Crippen molar-refractivity contribution >= 4 is 22.6 Å². The molecule has 0 bridgehead atoms. The van der Waals surface area contributed by atoms with Gasteiger partial charge < -0.3 is 4.74 Å². The van der Waals surface area contributed by atoms with Crippen LogP contribution in [0, 0.1) is 15.8 Å². The summed E-state index contributed by atoms with van der Waals surface area (Å²) in [5.74, 6) is 3.75. The van der Waals surface area contributed by atoms with Gasteiger partial charge in [0.25, 0.3) is 0 Å². The lowest BCUT2D eigenvalue weighted by Gasteiger charge is -2.16. The Labute approximate surface area is 69.3 Å². The molecule has 0 aromatic rings. The summed E-state index contributed by atoms with van der Waals surface area (Å²) in [5, 5.41) is 0. The second-order valence-electron chi connectivity index (χ2n) is 2.13. The molecule has 0 spiro atoms. The van der Waals surface area contributed by atoms with Crippen molar-refractivity contribution in [2.24, 2.45) is 5.92 Å². The number of halogens is 1. The molecule has 1 nitrogen and oxygen atoms in total. The molecule has 1 rings (SSSR count). The van der Waals surface area contributed by atoms with Crippen molar-refractivity contribution in [2.75, 3.05) is 13.2 Å². The lowest BCUT2D eigenvalue weighted by molar-refractivity contribution is 0.0807. The van der Waals surface area contributed by atoms with E-state index in [1.165, 1.54) is 0 Å². The summed E-state index contributed by atoms with van der Waals surface area (Å²) in [6.45, 7) is 1.80. The molecule has 0 aromatic heterocycles. The van der Waals surface area contributed by atoms with Crippen LogP contribution < -0.4 is 0 Å². The highest BCUT2D eigenvalue weighted by atomic mass is 127. The van der Waals surface area contributed by atoms with E-state index in [1.807, 2.05) is 0 Å². The molecule has 0 saturated carbocycles. The fraction of sp³-hybridized carbons (Fsp3) is 0.714. The first-order chi connectivity index (χ1) is 4.43. The zero-order valence-electron chi connectivity index (χ0n) is 5.19. The van der Waals surface area contributed by atoms with Crippen molar-refractivity contribution in [1.82, 2.24) is 0 Å². The van der Waals surface area contributed by atoms with Gasteiger partial charge in [0, 0.05) is 41.7 Å². The highest BCUT2D eigenvalue weighted by Crippen LogP contribution is 2.12. The van der Waals surface area contributed by atoms with Crippen molar-refractivity contribution in [2.45, 2.75) is 12.8 Å². The molecule has 0 N–H and O–H groups in total. The molecule has 0 amide bonds. The molecular formula is C7H9IO. The summed E-state index contributed by atoms with van der Waals surface area (Å²) >= 11 is 2.09. The van der Waals surface area contributed by atoms with E-state index in [1.54, 1.807) is 0 Å². The predicted octanol–water partition coefficient (Wildman–Crippen LogP) is 1.81. The molecule has 50 valence electrons. The van der Waals surface area contributed by atoms with Crippen molar-refractivity contribution in [3.8, 4) is 9.85 Å². The molecule has 1 aliphatic rings. The standard InChI is InChI=1S/C7H9IO/c8-4-1-7-2-5-9-6-3-7/h7H,2-3,5-6H2. The molecule has 1 saturated heterocycles. The van der Waals surface area contributed by atoms with Crippen LogP contribution in [0.25, 0.3) is 0 Å². The van der Waals surface area contributed by atoms with Crippen molar-refractivity contribution < 1.29 is 4.74 Å². The van der Waals surface area contributed by atoms with Crippen LogP contribution in [0.4, 0.5) is 0 Å². The molecule has 1 fully saturated rings. The molecule has 0 aliphatic carbocycles. The minimum absolute atomic E-state index is 0.607. The Morgan fingerprint density at radius 1 is 1.33 bits per heavy atom. The Balaban J connectivity index is 2.28. The van der Waals surface area contributed by atoms with E-state index < -0.39 is 0 Å². The summed E-state index contributed by atoms with van der Waals surface area (Å²) in [6, 6.07) is 0. The fourth-order valence-electron chi connectivity index (χ4n) is 0.919. The maximum atomic E-state index is 5.18. The average molecular weight is 236 g/mol. The second-order valence-corrected chi connectivity index (χ2v) is 2.66. The van der Waals surface area contributed by atoms with Crippen LogP contribution in [0.15, 0.2) is 0 Å². The van der Waals surface area contributed by atoms with E-state index in [-0.39, 0.29) is 0 Å². The van der Waals surface area contributed by atoms with E-state index >= 15 is 0 Å². The van der Waals surface area contributed by atoms with Crippen molar-refractivity contribution in [3.05, 3.63) is 0 Å². The van der Waals surface area contributed by atoms with Gasteiger partial charge in [0.15, 0.2) is 0 Å². The van der Waals surface area contributed by atoms with E-state index in [4.69, 9.17) is 4.74 Å². The van der Waals surface area contributed by atoms with Gasteiger partial charge in [0.1, 0.15) is 0 Å². The number of ether oxygens (including phenoxy) is 1. The third kappa shape index (κ3) is 2.55. The van der Waals surface area contributed by atoms with Crippen LogP contribution >= 0.6 is 22.6 Å². The normalized spacial score (nSPS) is 20.6. The SMILES string of the molecule is IC#CC1CCOCC1. The Hall–Kier alpha value is 0.250. The van der Waals surface area contributed by atoms with Gasteiger partial charge in [0.05, 0.1) is 0 Å². The molecule has 1 aliphatic heterocycles. The quantitative estimate of drug-likeness (QED) is 0.460. The molecule has 0 atom stereocenters. The van der Waals surface area contributed by atoms with Gasteiger partial charge in [-0.05, 0) is 16.8 Å². The highest BCUT2D eigenvalue weighted by molar-refractivity contribution is 14.1. The smallest absolute Gasteiger partial charge is 0.0477 e. The van der Waals surface area contributed by atoms with Gasteiger partial charge in [-0.1, -0.05) is 5.92 Å². The largest absolute Gasteiger partial charge is 0.381 e. The lowest BCUT2D eigenvalue weighted by atomic mass is 10.0. The minimum atomic E-state index is 0.607. The van der Waals surface area contributed by atoms with Crippen molar-refractivity contribution in [1.29, 1.82) is 0 Å². The minimum Gasteiger partial charge on any atom is -0.381 e. The van der Waals surface area contributed by atoms with Gasteiger partial charge in [-0.2, -0.15) is 0 Å². The molecule has 0 unspecified atom stereocenters. The van der Waals surface area contributed by atoms with E-state index in [2.05, 4.69) is 32.4 Å². The topological polar surface area (TPSA) is 9.23 Å². The maximum absolute atomic E-state index is 5.18. The van der Waals surface area contributed by atoms with Gasteiger partial charge >= 0.3 is 0 Å². The fourth-order valence-corrected chi connectivity index (χ4v) is 1.36. The summed E-state index contributed by atoms with van der Waals surface area (Å²) in [7, 11) is 0. The summed E-state index contributed by atoms with van der Waals surface area (Å²) in [6.07, 6.45) is 2.24. The first-order valence-corrected chi connectivity index (χ1v) is 4.20. The summed E-state index contributed by atoms with van der Waals surface area (Å²) in [4.78, 5) is 0. The Bertz CT molecular complexity index is 128. The summed E-state index contributed by atoms with van der Waals surface area (Å²) in [5.41, 5.74) is 0. The first-order valence-electron chi connectivity index (χ1n) is 3.12. The second kappa shape index (κ2) is 4.13. The van der Waals surface area contributed by atoms with Gasteiger partial charge in [-0.3, -0.25) is 0 Å². The molecule has 2 heteroatoms. The number of hydrogen-bond donors (Lipinski definition) is 0. The highest BCUT2D eigenvalue weighted by Gasteiger charge is 2.09. The zero-order chi connectivity index (χ0) is 6.53. The van der Waals surface area contributed by atoms with Crippen LogP contribution in [0.5, 0.6) is 0 Å². The summed E-state index contributed by atoms with van der Waals surface area (Å²) < 4.78 is 8.08. The van der Waals surface area contributed by atoms with Crippen molar-refractivity contribution in [3.63, 3.8) is 0 Å².